The van der Waals surface area contributed by atoms with E-state index in [1.807, 2.05) is 20.8 Å². The van der Waals surface area contributed by atoms with Crippen LogP contribution in [0.25, 0.3) is 5.69 Å². The molecule has 0 radical (unpaired) electrons. The minimum absolute atomic E-state index is 0.0428. The van der Waals surface area contributed by atoms with Crippen LogP contribution in [0, 0.1) is 0 Å². The number of alkyl halides is 4. The van der Waals surface area contributed by atoms with E-state index in [4.69, 9.17) is 11.6 Å². The standard InChI is InChI=1S/C14H15ClF3N3/c1-13(2,3)12-10(8-15)19-20-21(12)11-7-5-4-6-9(11)14(16,17)18/h4-7H,8H2,1-3H3. The summed E-state index contributed by atoms with van der Waals surface area (Å²) < 4.78 is 40.7. The molecule has 0 aliphatic carbocycles. The summed E-state index contributed by atoms with van der Waals surface area (Å²) in [5.41, 5.74) is -0.164. The van der Waals surface area contributed by atoms with Gasteiger partial charge in [0, 0.05) is 5.41 Å². The molecule has 0 aliphatic rings. The Balaban J connectivity index is 2.73. The van der Waals surface area contributed by atoms with Crippen LogP contribution >= 0.6 is 11.6 Å². The van der Waals surface area contributed by atoms with Crippen LogP contribution in [0.15, 0.2) is 24.3 Å². The first-order valence-electron chi connectivity index (χ1n) is 6.34. The van der Waals surface area contributed by atoms with Gasteiger partial charge in [-0.2, -0.15) is 13.2 Å². The summed E-state index contributed by atoms with van der Waals surface area (Å²) in [4.78, 5) is 0. The van der Waals surface area contributed by atoms with Gasteiger partial charge in [-0.1, -0.05) is 38.1 Å². The smallest absolute Gasteiger partial charge is 0.216 e. The molecular formula is C14H15ClF3N3. The lowest BCUT2D eigenvalue weighted by Crippen LogP contribution is -2.21. The van der Waals surface area contributed by atoms with Crippen molar-refractivity contribution in [3.8, 4) is 5.69 Å². The first-order valence-corrected chi connectivity index (χ1v) is 6.87. The van der Waals surface area contributed by atoms with Crippen LogP contribution in [0.4, 0.5) is 13.2 Å². The van der Waals surface area contributed by atoms with Gasteiger partial charge in [0.15, 0.2) is 0 Å². The molecule has 0 fully saturated rings. The quantitative estimate of drug-likeness (QED) is 0.772. The Morgan fingerprint density at radius 1 is 1.14 bits per heavy atom. The van der Waals surface area contributed by atoms with E-state index in [9.17, 15) is 13.2 Å². The summed E-state index contributed by atoms with van der Waals surface area (Å²) in [6, 6.07) is 5.30. The summed E-state index contributed by atoms with van der Waals surface area (Å²) in [6.45, 7) is 5.65. The lowest BCUT2D eigenvalue weighted by Gasteiger charge is -2.22. The zero-order valence-corrected chi connectivity index (χ0v) is 12.6. The second kappa shape index (κ2) is 5.33. The number of aromatic nitrogens is 3. The Morgan fingerprint density at radius 3 is 2.29 bits per heavy atom. The van der Waals surface area contributed by atoms with Gasteiger partial charge in [0.05, 0.1) is 22.8 Å². The van der Waals surface area contributed by atoms with E-state index in [1.165, 1.54) is 16.8 Å². The highest BCUT2D eigenvalue weighted by molar-refractivity contribution is 6.17. The Bertz CT molecular complexity index is 642. The summed E-state index contributed by atoms with van der Waals surface area (Å²) in [7, 11) is 0. The molecule has 2 aromatic rings. The number of rotatable bonds is 2. The van der Waals surface area contributed by atoms with Gasteiger partial charge in [-0.25, -0.2) is 4.68 Å². The average Bonchev–Trinajstić information content (AvgIpc) is 2.81. The van der Waals surface area contributed by atoms with Crippen molar-refractivity contribution in [1.29, 1.82) is 0 Å². The van der Waals surface area contributed by atoms with Gasteiger partial charge >= 0.3 is 6.18 Å². The minimum Gasteiger partial charge on any atom is -0.216 e. The molecule has 0 atom stereocenters. The van der Waals surface area contributed by atoms with Gasteiger partial charge in [0.2, 0.25) is 0 Å². The highest BCUT2D eigenvalue weighted by atomic mass is 35.5. The third kappa shape index (κ3) is 3.05. The molecule has 0 amide bonds. The molecule has 2 rings (SSSR count). The Morgan fingerprint density at radius 2 is 1.76 bits per heavy atom. The van der Waals surface area contributed by atoms with Gasteiger partial charge in [-0.3, -0.25) is 0 Å². The zero-order valence-electron chi connectivity index (χ0n) is 11.9. The van der Waals surface area contributed by atoms with E-state index in [0.29, 0.717) is 11.4 Å². The number of hydrogen-bond acceptors (Lipinski definition) is 2. The van der Waals surface area contributed by atoms with Crippen LogP contribution < -0.4 is 0 Å². The SMILES string of the molecule is CC(C)(C)c1c(CCl)nnn1-c1ccccc1C(F)(F)F. The van der Waals surface area contributed by atoms with E-state index < -0.39 is 17.2 Å². The predicted octanol–water partition coefficient (Wildman–Crippen LogP) is 4.32. The molecule has 1 aromatic carbocycles. The molecule has 0 saturated heterocycles. The molecule has 114 valence electrons. The molecular weight excluding hydrogens is 303 g/mol. The van der Waals surface area contributed by atoms with Crippen molar-refractivity contribution in [2.45, 2.75) is 38.2 Å². The molecule has 1 aromatic heterocycles. The maximum Gasteiger partial charge on any atom is 0.418 e. The molecule has 21 heavy (non-hydrogen) atoms. The number of para-hydroxylation sites is 1. The van der Waals surface area contributed by atoms with Crippen molar-refractivity contribution in [2.24, 2.45) is 0 Å². The fourth-order valence-electron chi connectivity index (χ4n) is 2.22. The van der Waals surface area contributed by atoms with E-state index in [2.05, 4.69) is 10.3 Å². The first-order chi connectivity index (χ1) is 9.66. The zero-order chi connectivity index (χ0) is 15.8. The van der Waals surface area contributed by atoms with Crippen molar-refractivity contribution in [2.75, 3.05) is 0 Å². The monoisotopic (exact) mass is 317 g/mol. The number of halogens is 4. The molecule has 0 saturated carbocycles. The van der Waals surface area contributed by atoms with Crippen molar-refractivity contribution in [3.63, 3.8) is 0 Å². The molecule has 0 spiro atoms. The fraction of sp³-hybridized carbons (Fsp3) is 0.429. The maximum atomic E-state index is 13.2. The van der Waals surface area contributed by atoms with Crippen LogP contribution in [0.2, 0.25) is 0 Å². The highest BCUT2D eigenvalue weighted by Crippen LogP contribution is 2.36. The van der Waals surface area contributed by atoms with Crippen LogP contribution in [-0.4, -0.2) is 15.0 Å². The van der Waals surface area contributed by atoms with E-state index in [1.54, 1.807) is 6.07 Å². The summed E-state index contributed by atoms with van der Waals surface area (Å²) in [5.74, 6) is 0.0980. The fourth-order valence-corrected chi connectivity index (χ4v) is 2.40. The van der Waals surface area contributed by atoms with Gasteiger partial charge in [-0.15, -0.1) is 16.7 Å². The van der Waals surface area contributed by atoms with E-state index in [0.717, 1.165) is 6.07 Å². The largest absolute Gasteiger partial charge is 0.418 e. The van der Waals surface area contributed by atoms with E-state index in [-0.39, 0.29) is 11.6 Å². The van der Waals surface area contributed by atoms with Crippen molar-refractivity contribution >= 4 is 11.6 Å². The van der Waals surface area contributed by atoms with Crippen LogP contribution in [0.3, 0.4) is 0 Å². The van der Waals surface area contributed by atoms with Crippen molar-refractivity contribution < 1.29 is 13.2 Å². The highest BCUT2D eigenvalue weighted by Gasteiger charge is 2.36. The second-order valence-corrected chi connectivity index (χ2v) is 5.96. The normalized spacial score (nSPS) is 12.7. The first kappa shape index (κ1) is 15.8. The second-order valence-electron chi connectivity index (χ2n) is 5.70. The lowest BCUT2D eigenvalue weighted by molar-refractivity contribution is -0.137. The number of nitrogens with zero attached hydrogens (tertiary/aromatic N) is 3. The third-order valence-electron chi connectivity index (χ3n) is 3.01. The van der Waals surface area contributed by atoms with Gasteiger partial charge in [0.25, 0.3) is 0 Å². The van der Waals surface area contributed by atoms with Crippen LogP contribution in [0.1, 0.15) is 37.7 Å². The van der Waals surface area contributed by atoms with Gasteiger partial charge < -0.3 is 0 Å². The molecule has 0 bridgehead atoms. The molecule has 0 aliphatic heterocycles. The van der Waals surface area contributed by atoms with Gasteiger partial charge in [-0.05, 0) is 12.1 Å². The Hall–Kier alpha value is -1.56. The van der Waals surface area contributed by atoms with E-state index >= 15 is 0 Å². The number of benzene rings is 1. The summed E-state index contributed by atoms with van der Waals surface area (Å²) >= 11 is 5.83. The van der Waals surface area contributed by atoms with Crippen LogP contribution in [-0.2, 0) is 17.5 Å². The van der Waals surface area contributed by atoms with Crippen molar-refractivity contribution in [3.05, 3.63) is 41.2 Å². The van der Waals surface area contributed by atoms with Crippen molar-refractivity contribution in [1.82, 2.24) is 15.0 Å². The minimum atomic E-state index is -4.46. The average molecular weight is 318 g/mol. The predicted molar refractivity (Wildman–Crippen MR) is 74.6 cm³/mol. The molecule has 3 nitrogen and oxygen atoms in total. The Kier molecular flexibility index (Phi) is 4.02. The molecule has 7 heteroatoms. The third-order valence-corrected chi connectivity index (χ3v) is 3.27. The Labute approximate surface area is 125 Å². The number of hydrogen-bond donors (Lipinski definition) is 0. The molecule has 0 unspecified atom stereocenters. The topological polar surface area (TPSA) is 30.7 Å². The van der Waals surface area contributed by atoms with Gasteiger partial charge in [0.1, 0.15) is 5.69 Å². The lowest BCUT2D eigenvalue weighted by atomic mass is 9.90. The summed E-state index contributed by atoms with van der Waals surface area (Å²) in [5, 5.41) is 7.79. The molecule has 1 heterocycles. The maximum absolute atomic E-state index is 13.2. The summed E-state index contributed by atoms with van der Waals surface area (Å²) in [6.07, 6.45) is -4.46. The van der Waals surface area contributed by atoms with Crippen LogP contribution in [0.5, 0.6) is 0 Å². The molecule has 0 N–H and O–H groups in total.